The summed E-state index contributed by atoms with van der Waals surface area (Å²) < 4.78 is 0. The van der Waals surface area contributed by atoms with Crippen molar-refractivity contribution >= 4 is 11.9 Å². The third kappa shape index (κ3) is 3.11. The molecule has 0 radical (unpaired) electrons. The van der Waals surface area contributed by atoms with Crippen LogP contribution in [0, 0.1) is 0 Å². The van der Waals surface area contributed by atoms with E-state index in [-0.39, 0.29) is 6.04 Å². The van der Waals surface area contributed by atoms with Crippen LogP contribution in [0.1, 0.15) is 34.9 Å². The smallest absolute Gasteiger partial charge is 0.248 e. The number of amides is 1. The van der Waals surface area contributed by atoms with Crippen molar-refractivity contribution in [2.75, 3.05) is 11.4 Å². The van der Waals surface area contributed by atoms with Gasteiger partial charge in [0, 0.05) is 36.3 Å². The van der Waals surface area contributed by atoms with E-state index in [9.17, 15) is 4.79 Å². The molecule has 3 heterocycles. The number of benzene rings is 1. The standard InChI is InChI=1S/C19H18N6O/c20-17(26)13-4-6-14(7-5-13)18-21-11-8-15(24-18)16-3-1-12-25(16)19-22-9-2-10-23-19/h2,4-11,16H,1,3,12H2,(H2,20,26). The highest BCUT2D eigenvalue weighted by Crippen LogP contribution is 2.33. The Morgan fingerprint density at radius 2 is 1.81 bits per heavy atom. The number of rotatable bonds is 4. The molecule has 1 amide bonds. The summed E-state index contributed by atoms with van der Waals surface area (Å²) in [4.78, 5) is 31.3. The molecule has 0 bridgehead atoms. The molecule has 1 unspecified atom stereocenters. The molecule has 7 heteroatoms. The summed E-state index contributed by atoms with van der Waals surface area (Å²) in [6.07, 6.45) is 7.33. The molecule has 1 aromatic carbocycles. The molecule has 1 fully saturated rings. The van der Waals surface area contributed by atoms with Gasteiger partial charge in [-0.1, -0.05) is 12.1 Å². The van der Waals surface area contributed by atoms with Gasteiger partial charge in [0.25, 0.3) is 0 Å². The van der Waals surface area contributed by atoms with E-state index in [0.717, 1.165) is 36.6 Å². The normalized spacial score (nSPS) is 16.6. The largest absolute Gasteiger partial charge is 0.366 e. The number of hydrogen-bond acceptors (Lipinski definition) is 6. The Labute approximate surface area is 151 Å². The van der Waals surface area contributed by atoms with Gasteiger partial charge >= 0.3 is 0 Å². The Balaban J connectivity index is 1.64. The molecule has 130 valence electrons. The van der Waals surface area contributed by atoms with Crippen molar-refractivity contribution in [1.82, 2.24) is 19.9 Å². The Bertz CT molecular complexity index is 913. The van der Waals surface area contributed by atoms with Crippen molar-refractivity contribution in [3.63, 3.8) is 0 Å². The Kier molecular flexibility index (Phi) is 4.27. The molecule has 1 saturated heterocycles. The lowest BCUT2D eigenvalue weighted by atomic mass is 10.1. The predicted octanol–water partition coefficient (Wildman–Crippen LogP) is 2.37. The van der Waals surface area contributed by atoms with Crippen LogP contribution in [0.3, 0.4) is 0 Å². The average molecular weight is 346 g/mol. The highest BCUT2D eigenvalue weighted by Gasteiger charge is 2.29. The topological polar surface area (TPSA) is 97.9 Å². The molecule has 26 heavy (non-hydrogen) atoms. The van der Waals surface area contributed by atoms with Gasteiger partial charge in [-0.25, -0.2) is 19.9 Å². The summed E-state index contributed by atoms with van der Waals surface area (Å²) >= 11 is 0. The SMILES string of the molecule is NC(=O)c1ccc(-c2nccc(C3CCCN3c3ncccn3)n2)cc1. The first-order valence-electron chi connectivity index (χ1n) is 8.49. The van der Waals surface area contributed by atoms with Crippen LogP contribution in [-0.2, 0) is 0 Å². The number of carbonyl (C=O) groups is 1. The highest BCUT2D eigenvalue weighted by atomic mass is 16.1. The third-order valence-corrected chi connectivity index (χ3v) is 4.51. The number of nitrogens with zero attached hydrogens (tertiary/aromatic N) is 5. The van der Waals surface area contributed by atoms with Crippen molar-refractivity contribution in [2.45, 2.75) is 18.9 Å². The van der Waals surface area contributed by atoms with Crippen LogP contribution in [0.25, 0.3) is 11.4 Å². The van der Waals surface area contributed by atoms with Crippen LogP contribution in [0.4, 0.5) is 5.95 Å². The number of anilines is 1. The zero-order valence-corrected chi connectivity index (χ0v) is 14.1. The van der Waals surface area contributed by atoms with Gasteiger partial charge in [-0.3, -0.25) is 4.79 Å². The molecular formula is C19H18N6O. The maximum Gasteiger partial charge on any atom is 0.248 e. The van der Waals surface area contributed by atoms with E-state index in [0.29, 0.717) is 11.4 Å². The minimum Gasteiger partial charge on any atom is -0.366 e. The second-order valence-corrected chi connectivity index (χ2v) is 6.15. The van der Waals surface area contributed by atoms with Gasteiger partial charge < -0.3 is 10.6 Å². The number of hydrogen-bond donors (Lipinski definition) is 1. The van der Waals surface area contributed by atoms with Gasteiger partial charge in [0.05, 0.1) is 11.7 Å². The van der Waals surface area contributed by atoms with E-state index in [1.165, 1.54) is 0 Å². The van der Waals surface area contributed by atoms with Crippen molar-refractivity contribution in [3.05, 3.63) is 66.2 Å². The fourth-order valence-corrected chi connectivity index (χ4v) is 3.23. The molecule has 2 N–H and O–H groups in total. The summed E-state index contributed by atoms with van der Waals surface area (Å²) in [7, 11) is 0. The summed E-state index contributed by atoms with van der Waals surface area (Å²) in [5, 5.41) is 0. The lowest BCUT2D eigenvalue weighted by molar-refractivity contribution is 0.100. The van der Waals surface area contributed by atoms with Gasteiger partial charge in [-0.15, -0.1) is 0 Å². The van der Waals surface area contributed by atoms with Gasteiger partial charge in [0.1, 0.15) is 0 Å². The lowest BCUT2D eigenvalue weighted by Crippen LogP contribution is -2.25. The minimum absolute atomic E-state index is 0.129. The van der Waals surface area contributed by atoms with E-state index >= 15 is 0 Å². The van der Waals surface area contributed by atoms with Crippen molar-refractivity contribution < 1.29 is 4.79 Å². The predicted molar refractivity (Wildman–Crippen MR) is 97.3 cm³/mol. The first kappa shape index (κ1) is 16.1. The molecule has 3 aromatic rings. The lowest BCUT2D eigenvalue weighted by Gasteiger charge is -2.24. The monoisotopic (exact) mass is 346 g/mol. The zero-order chi connectivity index (χ0) is 17.9. The third-order valence-electron chi connectivity index (χ3n) is 4.51. The van der Waals surface area contributed by atoms with Gasteiger partial charge in [0.15, 0.2) is 5.82 Å². The second kappa shape index (κ2) is 6.87. The van der Waals surface area contributed by atoms with E-state index in [1.54, 1.807) is 30.7 Å². The molecule has 1 atom stereocenters. The zero-order valence-electron chi connectivity index (χ0n) is 14.1. The molecule has 0 saturated carbocycles. The first-order chi connectivity index (χ1) is 12.7. The van der Waals surface area contributed by atoms with Crippen LogP contribution in [0.2, 0.25) is 0 Å². The molecule has 2 aromatic heterocycles. The Hall–Kier alpha value is -3.35. The van der Waals surface area contributed by atoms with Crippen LogP contribution in [-0.4, -0.2) is 32.4 Å². The van der Waals surface area contributed by atoms with Crippen LogP contribution in [0.5, 0.6) is 0 Å². The van der Waals surface area contributed by atoms with Crippen LogP contribution in [0.15, 0.2) is 55.0 Å². The number of carbonyl (C=O) groups excluding carboxylic acids is 1. The van der Waals surface area contributed by atoms with Gasteiger partial charge in [0.2, 0.25) is 11.9 Å². The minimum atomic E-state index is -0.448. The number of aromatic nitrogens is 4. The molecule has 0 spiro atoms. The van der Waals surface area contributed by atoms with Crippen LogP contribution >= 0.6 is 0 Å². The average Bonchev–Trinajstić information content (AvgIpc) is 3.19. The summed E-state index contributed by atoms with van der Waals surface area (Å²) in [5.74, 6) is 0.899. The second-order valence-electron chi connectivity index (χ2n) is 6.15. The fraction of sp³-hybridized carbons (Fsp3) is 0.211. The molecule has 1 aliphatic heterocycles. The van der Waals surface area contributed by atoms with Crippen LogP contribution < -0.4 is 10.6 Å². The molecule has 4 rings (SSSR count). The molecule has 0 aliphatic carbocycles. The maximum absolute atomic E-state index is 11.2. The Morgan fingerprint density at radius 1 is 1.04 bits per heavy atom. The number of primary amides is 1. The summed E-state index contributed by atoms with van der Waals surface area (Å²) in [6.45, 7) is 0.904. The molecule has 1 aliphatic rings. The van der Waals surface area contributed by atoms with Gasteiger partial charge in [-0.05, 0) is 37.1 Å². The Morgan fingerprint density at radius 3 is 2.54 bits per heavy atom. The summed E-state index contributed by atoms with van der Waals surface area (Å²) in [6, 6.07) is 10.9. The maximum atomic E-state index is 11.2. The van der Waals surface area contributed by atoms with Gasteiger partial charge in [-0.2, -0.15) is 0 Å². The van der Waals surface area contributed by atoms with Crippen molar-refractivity contribution in [1.29, 1.82) is 0 Å². The quantitative estimate of drug-likeness (QED) is 0.779. The summed E-state index contributed by atoms with van der Waals surface area (Å²) in [5.41, 5.74) is 7.55. The van der Waals surface area contributed by atoms with E-state index in [1.807, 2.05) is 24.3 Å². The van der Waals surface area contributed by atoms with E-state index in [4.69, 9.17) is 10.7 Å². The van der Waals surface area contributed by atoms with Crippen molar-refractivity contribution in [2.24, 2.45) is 5.73 Å². The first-order valence-corrected chi connectivity index (χ1v) is 8.49. The van der Waals surface area contributed by atoms with E-state index in [2.05, 4.69) is 19.9 Å². The number of nitrogens with two attached hydrogens (primary N) is 1. The van der Waals surface area contributed by atoms with E-state index < -0.39 is 5.91 Å². The fourth-order valence-electron chi connectivity index (χ4n) is 3.23. The van der Waals surface area contributed by atoms with Crippen molar-refractivity contribution in [3.8, 4) is 11.4 Å². The molecule has 7 nitrogen and oxygen atoms in total. The molecular weight excluding hydrogens is 328 g/mol. The highest BCUT2D eigenvalue weighted by molar-refractivity contribution is 5.93.